The monoisotopic (exact) mass is 489 g/mol. The van der Waals surface area contributed by atoms with Crippen LogP contribution < -0.4 is 5.48 Å². The number of hydroxylamine groups is 1. The highest BCUT2D eigenvalue weighted by molar-refractivity contribution is 7.99. The minimum atomic E-state index is -0.517. The molecule has 0 saturated carbocycles. The number of rotatable bonds is 9. The molecule has 0 spiro atoms. The predicted octanol–water partition coefficient (Wildman–Crippen LogP) is 6.47. The second kappa shape index (κ2) is 11.1. The molecule has 178 valence electrons. The van der Waals surface area contributed by atoms with E-state index in [4.69, 9.17) is 16.4 Å². The number of halogens is 2. The Kier molecular flexibility index (Phi) is 8.23. The Bertz CT molecular complexity index is 934. The van der Waals surface area contributed by atoms with E-state index >= 15 is 4.39 Å². The molecule has 33 heavy (non-hydrogen) atoms. The molecule has 1 fully saturated rings. The maximum absolute atomic E-state index is 15.3. The zero-order valence-electron chi connectivity index (χ0n) is 19.4. The van der Waals surface area contributed by atoms with Crippen molar-refractivity contribution in [1.29, 1.82) is 0 Å². The van der Waals surface area contributed by atoms with Crippen molar-refractivity contribution in [2.75, 3.05) is 18.6 Å². The van der Waals surface area contributed by atoms with E-state index < -0.39 is 5.54 Å². The molecular weight excluding hydrogens is 457 g/mol. The molecule has 1 atom stereocenters. The molecule has 1 aliphatic carbocycles. The Labute approximate surface area is 206 Å². The number of unbranched alkanes of at least 4 members (excludes halogenated alkanes) is 1. The third-order valence-corrected chi connectivity index (χ3v) is 7.75. The van der Waals surface area contributed by atoms with E-state index in [1.165, 1.54) is 0 Å². The summed E-state index contributed by atoms with van der Waals surface area (Å²) in [6.07, 6.45) is 19.5. The topological polar surface area (TPSA) is 27.7 Å². The van der Waals surface area contributed by atoms with Gasteiger partial charge in [-0.2, -0.15) is 17.2 Å². The van der Waals surface area contributed by atoms with Crippen LogP contribution in [0.5, 0.6) is 0 Å². The fourth-order valence-corrected chi connectivity index (χ4v) is 5.50. The highest BCUT2D eigenvalue weighted by Gasteiger charge is 2.36. The molecule has 0 bridgehead atoms. The van der Waals surface area contributed by atoms with E-state index in [0.717, 1.165) is 55.0 Å². The van der Waals surface area contributed by atoms with Crippen LogP contribution in [-0.4, -0.2) is 34.5 Å². The average molecular weight is 490 g/mol. The summed E-state index contributed by atoms with van der Waals surface area (Å²) in [4.78, 5) is 10.1. The highest BCUT2D eigenvalue weighted by Crippen LogP contribution is 2.38. The second-order valence-corrected chi connectivity index (χ2v) is 10.4. The van der Waals surface area contributed by atoms with E-state index in [-0.39, 0.29) is 11.9 Å². The average Bonchev–Trinajstić information content (AvgIpc) is 3.13. The number of nitrogens with zero attached hydrogens (tertiary/aromatic N) is 2. The van der Waals surface area contributed by atoms with Crippen LogP contribution in [0.2, 0.25) is 5.02 Å². The van der Waals surface area contributed by atoms with Gasteiger partial charge in [0.25, 0.3) is 0 Å². The van der Waals surface area contributed by atoms with Crippen molar-refractivity contribution >= 4 is 23.4 Å². The van der Waals surface area contributed by atoms with Crippen molar-refractivity contribution in [3.63, 3.8) is 0 Å². The molecule has 1 saturated heterocycles. The van der Waals surface area contributed by atoms with Crippen molar-refractivity contribution in [3.8, 4) is 0 Å². The molecular formula is C26H33ClFN3OS. The van der Waals surface area contributed by atoms with Gasteiger partial charge in [0.15, 0.2) is 0 Å². The summed E-state index contributed by atoms with van der Waals surface area (Å²) in [5.74, 6) is 2.93. The molecule has 4 rings (SSSR count). The Morgan fingerprint density at radius 3 is 2.76 bits per heavy atom. The van der Waals surface area contributed by atoms with Crippen LogP contribution in [-0.2, 0) is 16.9 Å². The van der Waals surface area contributed by atoms with Gasteiger partial charge in [0.1, 0.15) is 11.6 Å². The molecule has 0 amide bonds. The van der Waals surface area contributed by atoms with Crippen molar-refractivity contribution in [1.82, 2.24) is 15.3 Å². The maximum atomic E-state index is 15.3. The van der Waals surface area contributed by atoms with Gasteiger partial charge < -0.3 is 9.80 Å². The van der Waals surface area contributed by atoms with Crippen LogP contribution >= 0.6 is 23.4 Å². The van der Waals surface area contributed by atoms with E-state index in [0.29, 0.717) is 17.1 Å². The van der Waals surface area contributed by atoms with Gasteiger partial charge in [0, 0.05) is 30.0 Å². The summed E-state index contributed by atoms with van der Waals surface area (Å²) in [6.45, 7) is 2.52. The van der Waals surface area contributed by atoms with Gasteiger partial charge in [0.05, 0.1) is 18.2 Å². The molecule has 7 heteroatoms. The Morgan fingerprint density at radius 1 is 1.30 bits per heavy atom. The zero-order valence-corrected chi connectivity index (χ0v) is 21.0. The fraction of sp³-hybridized carbons (Fsp3) is 0.462. The third-order valence-electron chi connectivity index (χ3n) is 6.37. The van der Waals surface area contributed by atoms with Gasteiger partial charge in [-0.05, 0) is 61.0 Å². The molecule has 1 N–H and O–H groups in total. The molecule has 3 aliphatic rings. The number of hydrogen-bond donors (Lipinski definition) is 1. The lowest BCUT2D eigenvalue weighted by Crippen LogP contribution is -2.46. The molecule has 1 aromatic carbocycles. The van der Waals surface area contributed by atoms with Gasteiger partial charge in [-0.1, -0.05) is 49.2 Å². The van der Waals surface area contributed by atoms with Crippen molar-refractivity contribution in [2.24, 2.45) is 0 Å². The summed E-state index contributed by atoms with van der Waals surface area (Å²) in [7, 11) is 1.99. The van der Waals surface area contributed by atoms with Gasteiger partial charge in [-0.15, -0.1) is 0 Å². The largest absolute Gasteiger partial charge is 0.336 e. The predicted molar refractivity (Wildman–Crippen MR) is 136 cm³/mol. The first kappa shape index (κ1) is 24.4. The van der Waals surface area contributed by atoms with Crippen LogP contribution in [0.15, 0.2) is 60.7 Å². The lowest BCUT2D eigenvalue weighted by atomic mass is 9.79. The number of benzene rings is 1. The van der Waals surface area contributed by atoms with Gasteiger partial charge in [0.2, 0.25) is 0 Å². The molecule has 0 aromatic heterocycles. The zero-order chi connectivity index (χ0) is 23.3. The van der Waals surface area contributed by atoms with E-state index in [1.54, 1.807) is 6.07 Å². The van der Waals surface area contributed by atoms with Crippen molar-refractivity contribution in [2.45, 2.75) is 57.2 Å². The number of thioether (sulfide) groups is 1. The molecule has 1 unspecified atom stereocenters. The van der Waals surface area contributed by atoms with Crippen LogP contribution in [0.3, 0.4) is 0 Å². The van der Waals surface area contributed by atoms with E-state index in [9.17, 15) is 0 Å². The van der Waals surface area contributed by atoms with Gasteiger partial charge in [-0.25, -0.2) is 4.39 Å². The van der Waals surface area contributed by atoms with E-state index in [2.05, 4.69) is 36.7 Å². The Morgan fingerprint density at radius 2 is 2.09 bits per heavy atom. The van der Waals surface area contributed by atoms with Gasteiger partial charge >= 0.3 is 0 Å². The molecule has 0 radical (unpaired) electrons. The lowest BCUT2D eigenvalue weighted by molar-refractivity contribution is -0.0699. The minimum absolute atomic E-state index is 0.201. The summed E-state index contributed by atoms with van der Waals surface area (Å²) in [5.41, 5.74) is 4.02. The number of hydrogen-bond acceptors (Lipinski definition) is 5. The normalized spacial score (nSPS) is 24.4. The fourth-order valence-electron chi connectivity index (χ4n) is 4.17. The Hall–Kier alpha value is -1.73. The van der Waals surface area contributed by atoms with Crippen LogP contribution in [0.4, 0.5) is 4.39 Å². The smallest absolute Gasteiger partial charge is 0.130 e. The van der Waals surface area contributed by atoms with E-state index in [1.807, 2.05) is 53.2 Å². The summed E-state index contributed by atoms with van der Waals surface area (Å²) < 4.78 is 15.3. The lowest BCUT2D eigenvalue weighted by Gasteiger charge is -2.38. The SMILES string of the molecule is CCC/C=C\C=C1/N(C)C=CN1Cc1c(F)cc(C2(NOC3CCSCC3)C=CC2)cc1Cl. The maximum Gasteiger partial charge on any atom is 0.130 e. The van der Waals surface area contributed by atoms with Crippen LogP contribution in [0.1, 0.15) is 50.2 Å². The van der Waals surface area contributed by atoms with Crippen molar-refractivity contribution in [3.05, 3.63) is 82.7 Å². The second-order valence-electron chi connectivity index (χ2n) is 8.81. The standard InChI is InChI=1S/C26H33ClFN3OS/c1-3-4-5-6-8-25-30(2)13-14-31(25)19-22-23(27)17-20(18-24(22)28)26(11-7-12-26)29-32-21-9-15-33-16-10-21/h5-8,11,13-14,17-18,21,29H,3-4,9-10,12,15-16,19H2,1-2H3/b6-5-,25-8+. The van der Waals surface area contributed by atoms with Gasteiger partial charge in [-0.3, -0.25) is 4.84 Å². The summed E-state index contributed by atoms with van der Waals surface area (Å²) >= 11 is 8.61. The van der Waals surface area contributed by atoms with Crippen molar-refractivity contribution < 1.29 is 9.23 Å². The first-order valence-electron chi connectivity index (χ1n) is 11.7. The molecule has 4 nitrogen and oxygen atoms in total. The quantitative estimate of drug-likeness (QED) is 0.317. The Balaban J connectivity index is 1.49. The van der Waals surface area contributed by atoms with Crippen LogP contribution in [0, 0.1) is 5.82 Å². The first-order chi connectivity index (χ1) is 16.0. The molecule has 2 heterocycles. The summed E-state index contributed by atoms with van der Waals surface area (Å²) in [5, 5.41) is 0.435. The molecule has 1 aromatic rings. The molecule has 2 aliphatic heterocycles. The minimum Gasteiger partial charge on any atom is -0.336 e. The highest BCUT2D eigenvalue weighted by atomic mass is 35.5. The number of allylic oxidation sites excluding steroid dienone is 3. The van der Waals surface area contributed by atoms with Crippen LogP contribution in [0.25, 0.3) is 0 Å². The summed E-state index contributed by atoms with van der Waals surface area (Å²) in [6, 6.07) is 3.48. The number of nitrogens with one attached hydrogen (secondary N) is 1. The third kappa shape index (κ3) is 5.68. The first-order valence-corrected chi connectivity index (χ1v) is 13.3.